The average molecular weight is 266 g/mol. The molecule has 0 aromatic carbocycles. The van der Waals surface area contributed by atoms with E-state index in [2.05, 4.69) is 10.5 Å². The molecule has 1 amide bonds. The standard InChI is InChI=1S/C13H18N2O4/c1-3-8-5-9(10(6-8)13(17)18)12(16)14-11-4-7(2)19-15-11/h4,8-10H,3,5-6H2,1-2H3,(H,17,18)(H,14,15,16)/t8?,9-,10+/m0/s1. The van der Waals surface area contributed by atoms with Crippen LogP contribution in [0.2, 0.25) is 0 Å². The van der Waals surface area contributed by atoms with Crippen LogP contribution in [-0.2, 0) is 9.59 Å². The largest absolute Gasteiger partial charge is 0.481 e. The Kier molecular flexibility index (Phi) is 3.87. The van der Waals surface area contributed by atoms with Gasteiger partial charge in [-0.3, -0.25) is 9.59 Å². The van der Waals surface area contributed by atoms with Gasteiger partial charge in [-0.25, -0.2) is 0 Å². The van der Waals surface area contributed by atoms with Gasteiger partial charge >= 0.3 is 5.97 Å². The third-order valence-corrected chi connectivity index (χ3v) is 3.77. The lowest BCUT2D eigenvalue weighted by Crippen LogP contribution is -2.30. The third kappa shape index (κ3) is 2.94. The predicted molar refractivity (Wildman–Crippen MR) is 67.5 cm³/mol. The van der Waals surface area contributed by atoms with Gasteiger partial charge in [0.2, 0.25) is 5.91 Å². The van der Waals surface area contributed by atoms with Gasteiger partial charge in [-0.2, -0.15) is 0 Å². The lowest BCUT2D eigenvalue weighted by molar-refractivity contribution is -0.145. The highest BCUT2D eigenvalue weighted by atomic mass is 16.5. The molecule has 0 saturated heterocycles. The Morgan fingerprint density at radius 1 is 1.47 bits per heavy atom. The van der Waals surface area contributed by atoms with Gasteiger partial charge in [-0.05, 0) is 25.7 Å². The molecule has 0 aliphatic heterocycles. The molecule has 1 aromatic heterocycles. The predicted octanol–water partition coefficient (Wildman–Crippen LogP) is 2.06. The van der Waals surface area contributed by atoms with Crippen LogP contribution < -0.4 is 5.32 Å². The number of aryl methyl sites for hydroxylation is 1. The summed E-state index contributed by atoms with van der Waals surface area (Å²) in [5.41, 5.74) is 0. The van der Waals surface area contributed by atoms with Crippen molar-refractivity contribution in [3.63, 3.8) is 0 Å². The van der Waals surface area contributed by atoms with Crippen molar-refractivity contribution in [2.45, 2.75) is 33.1 Å². The molecule has 0 bridgehead atoms. The second-order valence-corrected chi connectivity index (χ2v) is 5.11. The van der Waals surface area contributed by atoms with E-state index >= 15 is 0 Å². The maximum atomic E-state index is 12.1. The molecule has 1 aromatic rings. The summed E-state index contributed by atoms with van der Waals surface area (Å²) in [5, 5.41) is 15.5. The molecule has 6 nitrogen and oxygen atoms in total. The zero-order chi connectivity index (χ0) is 14.0. The molecule has 1 fully saturated rings. The van der Waals surface area contributed by atoms with Crippen LogP contribution in [0.5, 0.6) is 0 Å². The van der Waals surface area contributed by atoms with Gasteiger partial charge in [0.05, 0.1) is 11.8 Å². The second kappa shape index (κ2) is 5.42. The lowest BCUT2D eigenvalue weighted by Gasteiger charge is -2.13. The van der Waals surface area contributed by atoms with Crippen LogP contribution >= 0.6 is 0 Å². The summed E-state index contributed by atoms with van der Waals surface area (Å²) < 4.78 is 4.86. The number of amides is 1. The number of carbonyl (C=O) groups is 2. The van der Waals surface area contributed by atoms with Crippen molar-refractivity contribution >= 4 is 17.7 Å². The summed E-state index contributed by atoms with van der Waals surface area (Å²) >= 11 is 0. The maximum Gasteiger partial charge on any atom is 0.307 e. The SMILES string of the molecule is CCC1C[C@H](C(=O)Nc2cc(C)on2)[C@H](C(=O)O)C1. The van der Waals surface area contributed by atoms with E-state index in [0.717, 1.165) is 6.42 Å². The second-order valence-electron chi connectivity index (χ2n) is 5.11. The number of hydrogen-bond donors (Lipinski definition) is 2. The van der Waals surface area contributed by atoms with Crippen molar-refractivity contribution in [2.24, 2.45) is 17.8 Å². The van der Waals surface area contributed by atoms with Crippen molar-refractivity contribution in [3.05, 3.63) is 11.8 Å². The Labute approximate surface area is 111 Å². The Morgan fingerprint density at radius 3 is 2.68 bits per heavy atom. The Balaban J connectivity index is 2.06. The van der Waals surface area contributed by atoms with Gasteiger partial charge in [0.15, 0.2) is 5.82 Å². The monoisotopic (exact) mass is 266 g/mol. The zero-order valence-corrected chi connectivity index (χ0v) is 11.0. The van der Waals surface area contributed by atoms with Crippen LogP contribution in [-0.4, -0.2) is 22.1 Å². The molecule has 6 heteroatoms. The first-order valence-corrected chi connectivity index (χ1v) is 6.48. The minimum absolute atomic E-state index is 0.281. The number of hydrogen-bond acceptors (Lipinski definition) is 4. The van der Waals surface area contributed by atoms with Gasteiger partial charge in [0.25, 0.3) is 0 Å². The Hall–Kier alpha value is -1.85. The van der Waals surface area contributed by atoms with E-state index in [9.17, 15) is 14.7 Å². The first kappa shape index (κ1) is 13.6. The quantitative estimate of drug-likeness (QED) is 0.870. The number of rotatable bonds is 4. The van der Waals surface area contributed by atoms with E-state index in [1.165, 1.54) is 0 Å². The first-order chi connectivity index (χ1) is 9.01. The van der Waals surface area contributed by atoms with Crippen molar-refractivity contribution in [1.29, 1.82) is 0 Å². The van der Waals surface area contributed by atoms with Gasteiger partial charge in [-0.15, -0.1) is 0 Å². The summed E-state index contributed by atoms with van der Waals surface area (Å²) in [6.45, 7) is 3.75. The van der Waals surface area contributed by atoms with E-state index in [0.29, 0.717) is 30.3 Å². The summed E-state index contributed by atoms with van der Waals surface area (Å²) in [6.07, 6.45) is 2.09. The smallest absolute Gasteiger partial charge is 0.307 e. The van der Waals surface area contributed by atoms with Crippen molar-refractivity contribution < 1.29 is 19.2 Å². The van der Waals surface area contributed by atoms with E-state index in [1.807, 2.05) is 6.92 Å². The van der Waals surface area contributed by atoms with Gasteiger partial charge in [0, 0.05) is 6.07 Å². The molecule has 3 atom stereocenters. The molecule has 1 unspecified atom stereocenters. The van der Waals surface area contributed by atoms with Gasteiger partial charge in [-0.1, -0.05) is 18.5 Å². The Bertz CT molecular complexity index is 483. The summed E-state index contributed by atoms with van der Waals surface area (Å²) in [6, 6.07) is 1.61. The summed E-state index contributed by atoms with van der Waals surface area (Å²) in [4.78, 5) is 23.4. The fourth-order valence-electron chi connectivity index (χ4n) is 2.68. The first-order valence-electron chi connectivity index (χ1n) is 6.48. The van der Waals surface area contributed by atoms with Crippen molar-refractivity contribution in [3.8, 4) is 0 Å². The normalized spacial score (nSPS) is 26.3. The van der Waals surface area contributed by atoms with Crippen LogP contribution in [0.4, 0.5) is 5.82 Å². The van der Waals surface area contributed by atoms with Crippen LogP contribution in [0.3, 0.4) is 0 Å². The molecule has 1 aliphatic carbocycles. The van der Waals surface area contributed by atoms with E-state index in [1.54, 1.807) is 13.0 Å². The maximum absolute atomic E-state index is 12.1. The molecule has 0 radical (unpaired) electrons. The van der Waals surface area contributed by atoms with Gasteiger partial charge in [0.1, 0.15) is 5.76 Å². The van der Waals surface area contributed by atoms with E-state index < -0.39 is 17.8 Å². The molecule has 19 heavy (non-hydrogen) atoms. The van der Waals surface area contributed by atoms with Crippen molar-refractivity contribution in [2.75, 3.05) is 5.32 Å². The van der Waals surface area contributed by atoms with E-state index in [4.69, 9.17) is 4.52 Å². The van der Waals surface area contributed by atoms with Gasteiger partial charge < -0.3 is 14.9 Å². The molecule has 2 rings (SSSR count). The molecular weight excluding hydrogens is 248 g/mol. The summed E-state index contributed by atoms with van der Waals surface area (Å²) in [5.74, 6) is -1.02. The minimum Gasteiger partial charge on any atom is -0.481 e. The number of nitrogens with one attached hydrogen (secondary N) is 1. The fourth-order valence-corrected chi connectivity index (χ4v) is 2.68. The highest BCUT2D eigenvalue weighted by Crippen LogP contribution is 2.38. The molecule has 104 valence electrons. The number of carboxylic acids is 1. The molecule has 2 N–H and O–H groups in total. The zero-order valence-electron chi connectivity index (χ0n) is 11.0. The molecule has 0 spiro atoms. The Morgan fingerprint density at radius 2 is 2.16 bits per heavy atom. The lowest BCUT2D eigenvalue weighted by atomic mass is 9.95. The number of carboxylic acid groups (broad SMARTS) is 1. The average Bonchev–Trinajstić information content (AvgIpc) is 2.95. The number of aromatic nitrogens is 1. The van der Waals surface area contributed by atoms with Crippen LogP contribution in [0.15, 0.2) is 10.6 Å². The number of carbonyl (C=O) groups excluding carboxylic acids is 1. The summed E-state index contributed by atoms with van der Waals surface area (Å²) in [7, 11) is 0. The molecule has 1 heterocycles. The molecule has 1 aliphatic rings. The van der Waals surface area contributed by atoms with E-state index in [-0.39, 0.29) is 5.91 Å². The minimum atomic E-state index is -0.896. The highest BCUT2D eigenvalue weighted by molar-refractivity contribution is 5.94. The topological polar surface area (TPSA) is 92.4 Å². The molecule has 1 saturated carbocycles. The van der Waals surface area contributed by atoms with Crippen LogP contribution in [0.1, 0.15) is 31.9 Å². The number of nitrogens with zero attached hydrogens (tertiary/aromatic N) is 1. The highest BCUT2D eigenvalue weighted by Gasteiger charge is 2.42. The fraction of sp³-hybridized carbons (Fsp3) is 0.615. The molecular formula is C13H18N2O4. The van der Waals surface area contributed by atoms with Crippen LogP contribution in [0, 0.1) is 24.7 Å². The third-order valence-electron chi connectivity index (χ3n) is 3.77. The van der Waals surface area contributed by atoms with Crippen LogP contribution in [0.25, 0.3) is 0 Å². The van der Waals surface area contributed by atoms with Crippen molar-refractivity contribution in [1.82, 2.24) is 5.16 Å². The number of aliphatic carboxylic acids is 1. The number of anilines is 1.